The minimum atomic E-state index is -3.21. The number of rotatable bonds is 12. The molecule has 0 unspecified atom stereocenters. The fraction of sp³-hybridized carbons (Fsp3) is 0.179. The van der Waals surface area contributed by atoms with E-state index in [1.807, 2.05) is 66.7 Å². The molecule has 0 spiro atoms. The van der Waals surface area contributed by atoms with Gasteiger partial charge in [-0.05, 0) is 100 Å². The summed E-state index contributed by atoms with van der Waals surface area (Å²) in [6.07, 6.45) is -7.09. The Kier molecular flexibility index (Phi) is 8.04. The SMILES string of the molecule is [2H]c1cc2c(oc3c(-c4cc(F)c(C([2H])([2H])C([2H])([2H])c5cc(C([2H])([2H])C(C)(C)c6ccc(-c7ccccc7)nc6)cc(C([2H])([2H])C(C)(C)c6ccc(-c7ccccc7)nc6)c5)cn4)cccc32)c([2H])c1C#N. The Morgan fingerprint density at radius 1 is 0.629 bits per heavy atom. The van der Waals surface area contributed by atoms with Crippen LogP contribution in [0.15, 0.2) is 169 Å². The molecule has 4 aromatic heterocycles. The van der Waals surface area contributed by atoms with Gasteiger partial charge in [-0.3, -0.25) is 15.0 Å². The first kappa shape index (κ1) is 29.9. The van der Waals surface area contributed by atoms with Gasteiger partial charge in [-0.2, -0.15) is 5.26 Å². The second kappa shape index (κ2) is 16.7. The summed E-state index contributed by atoms with van der Waals surface area (Å²) in [6.45, 7) is 6.67. The quantitative estimate of drug-likeness (QED) is 0.123. The number of aromatic nitrogens is 3. The summed E-state index contributed by atoms with van der Waals surface area (Å²) < 4.78 is 117. The van der Waals surface area contributed by atoms with Gasteiger partial charge in [0.2, 0.25) is 0 Å². The highest BCUT2D eigenvalue weighted by molar-refractivity contribution is 6.09. The van der Waals surface area contributed by atoms with Gasteiger partial charge in [0.1, 0.15) is 17.0 Å². The number of aryl methyl sites for hydroxylation is 2. The van der Waals surface area contributed by atoms with E-state index in [2.05, 4.69) is 15.0 Å². The second-order valence-corrected chi connectivity index (χ2v) is 16.1. The average molecular weight is 821 g/mol. The molecule has 4 heterocycles. The second-order valence-electron chi connectivity index (χ2n) is 16.1. The molecule has 304 valence electrons. The molecule has 0 fully saturated rings. The molecule has 0 amide bonds. The lowest BCUT2D eigenvalue weighted by Gasteiger charge is -2.28. The lowest BCUT2D eigenvalue weighted by atomic mass is 9.77. The van der Waals surface area contributed by atoms with Gasteiger partial charge < -0.3 is 4.42 Å². The fourth-order valence-corrected chi connectivity index (χ4v) is 7.54. The first-order valence-electron chi connectivity index (χ1n) is 25.2. The van der Waals surface area contributed by atoms with Gasteiger partial charge in [0.05, 0.1) is 31.5 Å². The molecule has 0 saturated carbocycles. The standard InChI is InChI=1S/C56H47FN4O/c1-55(2,44-21-24-50(60-35-44)41-12-7-5-8-13-41)31-39-26-37(27-40(28-39)32-56(3,4)45-22-25-51(61-36-45)42-14-9-6-10-15-42)18-20-43-34-59-52(30-49(43)57)48-17-11-16-47-46-23-19-38(33-58)29-53(46)62-54(47)48/h5-17,19,21-30,34-36H,18,20,31-32H2,1-4H3/i18D2,19D,20D2,29D,31D2,32D2. The average Bonchev–Trinajstić information content (AvgIpc) is 3.75. The summed E-state index contributed by atoms with van der Waals surface area (Å²) in [4.78, 5) is 13.7. The molecule has 5 aromatic carbocycles. The highest BCUT2D eigenvalue weighted by Crippen LogP contribution is 2.37. The summed E-state index contributed by atoms with van der Waals surface area (Å²) in [5, 5.41) is 10.4. The summed E-state index contributed by atoms with van der Waals surface area (Å²) >= 11 is 0. The molecule has 0 radical (unpaired) electrons. The maximum atomic E-state index is 16.7. The van der Waals surface area contributed by atoms with Crippen molar-refractivity contribution >= 4 is 21.9 Å². The molecule has 0 aliphatic carbocycles. The van der Waals surface area contributed by atoms with Gasteiger partial charge in [-0.1, -0.05) is 131 Å². The number of benzene rings is 5. The predicted molar refractivity (Wildman–Crippen MR) is 248 cm³/mol. The van der Waals surface area contributed by atoms with Crippen LogP contribution < -0.4 is 0 Å². The van der Waals surface area contributed by atoms with Crippen LogP contribution in [0, 0.1) is 17.1 Å². The zero-order valence-electron chi connectivity index (χ0n) is 44.5. The molecule has 0 aliphatic heterocycles. The Hall–Kier alpha value is -7.23. The van der Waals surface area contributed by atoms with Crippen LogP contribution in [0.2, 0.25) is 0 Å². The van der Waals surface area contributed by atoms with Crippen LogP contribution >= 0.6 is 0 Å². The largest absolute Gasteiger partial charge is 0.455 e. The summed E-state index contributed by atoms with van der Waals surface area (Å²) in [5.74, 6) is -1.16. The molecule has 62 heavy (non-hydrogen) atoms. The predicted octanol–water partition coefficient (Wildman–Crippen LogP) is 13.6. The van der Waals surface area contributed by atoms with Gasteiger partial charge in [-0.15, -0.1) is 0 Å². The van der Waals surface area contributed by atoms with Crippen molar-refractivity contribution in [2.75, 3.05) is 0 Å². The van der Waals surface area contributed by atoms with E-state index in [0.717, 1.165) is 23.4 Å². The lowest BCUT2D eigenvalue weighted by molar-refractivity contribution is 0.512. The molecule has 9 rings (SSSR count). The normalized spacial score (nSPS) is 15.2. The van der Waals surface area contributed by atoms with E-state index < -0.39 is 53.3 Å². The van der Waals surface area contributed by atoms with Crippen LogP contribution in [0.5, 0.6) is 0 Å². The van der Waals surface area contributed by atoms with Crippen LogP contribution in [-0.4, -0.2) is 15.0 Å². The minimum absolute atomic E-state index is 0.0110. The Bertz CT molecular complexity index is 3450. The van der Waals surface area contributed by atoms with Gasteiger partial charge in [0, 0.05) is 68.6 Å². The van der Waals surface area contributed by atoms with Crippen LogP contribution in [0.1, 0.15) is 80.3 Å². The van der Waals surface area contributed by atoms with Crippen molar-refractivity contribution < 1.29 is 22.5 Å². The minimum Gasteiger partial charge on any atom is -0.455 e. The zero-order valence-corrected chi connectivity index (χ0v) is 34.5. The summed E-state index contributed by atoms with van der Waals surface area (Å²) in [5.41, 5.74) is 0.0471. The molecule has 0 aliphatic rings. The van der Waals surface area contributed by atoms with Crippen molar-refractivity contribution in [2.45, 2.75) is 64.0 Å². The molecular formula is C56H47FN4O. The zero-order chi connectivity index (χ0) is 51.8. The number of nitrogens with zero attached hydrogens (tertiary/aromatic N) is 4. The first-order chi connectivity index (χ1) is 33.9. The third kappa shape index (κ3) is 8.40. The third-order valence-corrected chi connectivity index (χ3v) is 10.9. The number of nitriles is 1. The molecule has 9 aromatic rings. The monoisotopic (exact) mass is 820 g/mol. The number of hydrogen-bond acceptors (Lipinski definition) is 5. The van der Waals surface area contributed by atoms with Crippen molar-refractivity contribution in [3.05, 3.63) is 209 Å². The van der Waals surface area contributed by atoms with E-state index in [-0.39, 0.29) is 51.2 Å². The highest BCUT2D eigenvalue weighted by Gasteiger charge is 2.26. The van der Waals surface area contributed by atoms with Gasteiger partial charge >= 0.3 is 0 Å². The molecule has 0 N–H and O–H groups in total. The van der Waals surface area contributed by atoms with Gasteiger partial charge in [0.25, 0.3) is 0 Å². The van der Waals surface area contributed by atoms with E-state index in [9.17, 15) is 16.2 Å². The van der Waals surface area contributed by atoms with Gasteiger partial charge in [0.15, 0.2) is 0 Å². The van der Waals surface area contributed by atoms with E-state index in [0.29, 0.717) is 33.3 Å². The van der Waals surface area contributed by atoms with E-state index in [4.69, 9.17) is 7.16 Å². The van der Waals surface area contributed by atoms with Crippen LogP contribution in [0.4, 0.5) is 4.39 Å². The number of furan rings is 1. The van der Waals surface area contributed by atoms with Crippen LogP contribution in [0.3, 0.4) is 0 Å². The molecule has 0 saturated heterocycles. The van der Waals surface area contributed by atoms with Crippen LogP contribution in [0.25, 0.3) is 55.7 Å². The maximum Gasteiger partial charge on any atom is 0.144 e. The molecule has 5 nitrogen and oxygen atoms in total. The Morgan fingerprint density at radius 3 is 1.76 bits per heavy atom. The number of halogens is 1. The fourth-order valence-electron chi connectivity index (χ4n) is 7.54. The van der Waals surface area contributed by atoms with Crippen molar-refractivity contribution in [2.24, 2.45) is 0 Å². The number of para-hydroxylation sites is 1. The van der Waals surface area contributed by atoms with E-state index >= 15 is 4.39 Å². The van der Waals surface area contributed by atoms with E-state index in [1.165, 1.54) is 24.3 Å². The maximum absolute atomic E-state index is 16.7. The first-order valence-corrected chi connectivity index (χ1v) is 20.2. The smallest absolute Gasteiger partial charge is 0.144 e. The number of fused-ring (bicyclic) bond motifs is 3. The van der Waals surface area contributed by atoms with E-state index in [1.54, 1.807) is 82.6 Å². The third-order valence-electron chi connectivity index (χ3n) is 10.9. The van der Waals surface area contributed by atoms with Crippen molar-refractivity contribution in [3.8, 4) is 39.8 Å². The number of pyridine rings is 3. The highest BCUT2D eigenvalue weighted by atomic mass is 19.1. The Morgan fingerprint density at radius 2 is 1.21 bits per heavy atom. The number of hydrogen-bond donors (Lipinski definition) is 0. The van der Waals surface area contributed by atoms with Crippen molar-refractivity contribution in [3.63, 3.8) is 0 Å². The van der Waals surface area contributed by atoms with Gasteiger partial charge in [-0.25, -0.2) is 4.39 Å². The molecular weight excluding hydrogens is 764 g/mol. The lowest BCUT2D eigenvalue weighted by Crippen LogP contribution is -2.23. The van der Waals surface area contributed by atoms with Crippen molar-refractivity contribution in [1.29, 1.82) is 5.26 Å². The molecule has 0 atom stereocenters. The Balaban J connectivity index is 1.15. The topological polar surface area (TPSA) is 75.6 Å². The molecule has 6 heteroatoms. The summed E-state index contributed by atoms with van der Waals surface area (Å²) in [6, 6.07) is 38.5. The van der Waals surface area contributed by atoms with Crippen LogP contribution in [-0.2, 0) is 36.3 Å². The van der Waals surface area contributed by atoms with Crippen molar-refractivity contribution in [1.82, 2.24) is 15.0 Å². The summed E-state index contributed by atoms with van der Waals surface area (Å²) in [7, 11) is 0. The Labute approximate surface area is 376 Å². The molecule has 0 bridgehead atoms.